The summed E-state index contributed by atoms with van der Waals surface area (Å²) in [6.45, 7) is 4.04. The van der Waals surface area contributed by atoms with Crippen LogP contribution in [0.4, 0.5) is 15.8 Å². The Bertz CT molecular complexity index is 1160. The van der Waals surface area contributed by atoms with Gasteiger partial charge >= 0.3 is 0 Å². The molecule has 0 atom stereocenters. The quantitative estimate of drug-likeness (QED) is 0.577. The molecule has 0 bridgehead atoms. The molecule has 30 heavy (non-hydrogen) atoms. The summed E-state index contributed by atoms with van der Waals surface area (Å²) in [5.74, 6) is -0.267. The highest BCUT2D eigenvalue weighted by Gasteiger charge is 2.17. The lowest BCUT2D eigenvalue weighted by Crippen LogP contribution is -2.16. The zero-order chi connectivity index (χ0) is 21.7. The van der Waals surface area contributed by atoms with Crippen LogP contribution in [0.5, 0.6) is 5.75 Å². The highest BCUT2D eigenvalue weighted by molar-refractivity contribution is 7.92. The molecular formula is C22H21FN2O4S. The number of carbonyl (C=O) groups excluding carboxylic acids is 1. The summed E-state index contributed by atoms with van der Waals surface area (Å²) >= 11 is 0. The van der Waals surface area contributed by atoms with Gasteiger partial charge in [0.2, 0.25) is 0 Å². The Kier molecular flexibility index (Phi) is 6.37. The zero-order valence-corrected chi connectivity index (χ0v) is 17.3. The average molecular weight is 428 g/mol. The molecule has 0 saturated heterocycles. The van der Waals surface area contributed by atoms with Crippen LogP contribution in [0.15, 0.2) is 71.6 Å². The van der Waals surface area contributed by atoms with E-state index in [0.29, 0.717) is 29.3 Å². The largest absolute Gasteiger partial charge is 0.494 e. The van der Waals surface area contributed by atoms with Crippen molar-refractivity contribution in [3.8, 4) is 5.75 Å². The Morgan fingerprint density at radius 2 is 1.77 bits per heavy atom. The summed E-state index contributed by atoms with van der Waals surface area (Å²) < 4.78 is 46.5. The molecule has 0 saturated carbocycles. The molecule has 0 aliphatic heterocycles. The highest BCUT2D eigenvalue weighted by Crippen LogP contribution is 2.21. The molecule has 0 radical (unpaired) electrons. The Labute approximate surface area is 174 Å². The molecule has 0 fully saturated rings. The van der Waals surface area contributed by atoms with E-state index in [-0.39, 0.29) is 10.5 Å². The molecule has 0 aromatic heterocycles. The van der Waals surface area contributed by atoms with Crippen molar-refractivity contribution >= 4 is 27.3 Å². The molecule has 3 rings (SSSR count). The van der Waals surface area contributed by atoms with Crippen molar-refractivity contribution in [2.45, 2.75) is 18.7 Å². The predicted octanol–water partition coefficient (Wildman–Crippen LogP) is 4.59. The molecular weight excluding hydrogens is 407 g/mol. The number of sulfonamides is 1. The number of hydrogen-bond donors (Lipinski definition) is 2. The summed E-state index contributed by atoms with van der Waals surface area (Å²) in [5, 5.41) is 2.67. The summed E-state index contributed by atoms with van der Waals surface area (Å²) in [5.41, 5.74) is 1.54. The number of rotatable bonds is 7. The number of benzene rings is 3. The molecule has 0 heterocycles. The van der Waals surface area contributed by atoms with Gasteiger partial charge in [0.1, 0.15) is 11.6 Å². The summed E-state index contributed by atoms with van der Waals surface area (Å²) in [6, 6.07) is 16.2. The van der Waals surface area contributed by atoms with Crippen molar-refractivity contribution in [3.63, 3.8) is 0 Å². The number of hydrogen-bond acceptors (Lipinski definition) is 4. The molecule has 3 aromatic rings. The van der Waals surface area contributed by atoms with E-state index in [4.69, 9.17) is 4.74 Å². The Morgan fingerprint density at radius 1 is 1.03 bits per heavy atom. The second-order valence-corrected chi connectivity index (χ2v) is 8.19. The highest BCUT2D eigenvalue weighted by atomic mass is 32.2. The molecule has 0 spiro atoms. The van der Waals surface area contributed by atoms with Crippen molar-refractivity contribution in [2.75, 3.05) is 16.6 Å². The smallest absolute Gasteiger partial charge is 0.261 e. The number of aryl methyl sites for hydroxylation is 1. The summed E-state index contributed by atoms with van der Waals surface area (Å²) in [4.78, 5) is 12.5. The van der Waals surface area contributed by atoms with Crippen LogP contribution in [0.25, 0.3) is 0 Å². The van der Waals surface area contributed by atoms with Gasteiger partial charge in [-0.25, -0.2) is 12.8 Å². The Morgan fingerprint density at radius 3 is 2.43 bits per heavy atom. The van der Waals surface area contributed by atoms with E-state index in [1.165, 1.54) is 42.5 Å². The van der Waals surface area contributed by atoms with Gasteiger partial charge in [0, 0.05) is 16.9 Å². The summed E-state index contributed by atoms with van der Waals surface area (Å²) in [7, 11) is -3.90. The van der Waals surface area contributed by atoms with E-state index in [2.05, 4.69) is 10.0 Å². The molecule has 0 aliphatic carbocycles. The number of anilines is 2. The SMILES string of the molecule is CCOc1ccc(NS(=O)(=O)c2cccc(C(=O)Nc3ccc(F)cc3C)c2)cc1. The van der Waals surface area contributed by atoms with Crippen LogP contribution in [-0.2, 0) is 10.0 Å². The minimum Gasteiger partial charge on any atom is -0.494 e. The van der Waals surface area contributed by atoms with Crippen molar-refractivity contribution in [1.29, 1.82) is 0 Å². The molecule has 0 aliphatic rings. The van der Waals surface area contributed by atoms with Gasteiger partial charge in [-0.15, -0.1) is 0 Å². The lowest BCUT2D eigenvalue weighted by Gasteiger charge is -2.11. The number of nitrogens with one attached hydrogen (secondary N) is 2. The van der Waals surface area contributed by atoms with E-state index in [9.17, 15) is 17.6 Å². The lowest BCUT2D eigenvalue weighted by molar-refractivity contribution is 0.102. The predicted molar refractivity (Wildman–Crippen MR) is 114 cm³/mol. The minimum atomic E-state index is -3.90. The van der Waals surface area contributed by atoms with E-state index >= 15 is 0 Å². The van der Waals surface area contributed by atoms with Crippen LogP contribution in [0.2, 0.25) is 0 Å². The monoisotopic (exact) mass is 428 g/mol. The van der Waals surface area contributed by atoms with Crippen LogP contribution >= 0.6 is 0 Å². The molecule has 6 nitrogen and oxygen atoms in total. The van der Waals surface area contributed by atoms with E-state index in [0.717, 1.165) is 0 Å². The summed E-state index contributed by atoms with van der Waals surface area (Å²) in [6.07, 6.45) is 0. The number of amides is 1. The first-order chi connectivity index (χ1) is 14.3. The fourth-order valence-corrected chi connectivity index (χ4v) is 3.87. The number of carbonyl (C=O) groups is 1. The van der Waals surface area contributed by atoms with Gasteiger partial charge < -0.3 is 10.1 Å². The number of ether oxygens (including phenoxy) is 1. The third-order valence-corrected chi connectivity index (χ3v) is 5.64. The molecule has 8 heteroatoms. The first kappa shape index (κ1) is 21.3. The van der Waals surface area contributed by atoms with Gasteiger partial charge in [-0.2, -0.15) is 0 Å². The first-order valence-electron chi connectivity index (χ1n) is 9.22. The van der Waals surface area contributed by atoms with Gasteiger partial charge in [-0.1, -0.05) is 6.07 Å². The lowest BCUT2D eigenvalue weighted by atomic mass is 10.1. The second-order valence-electron chi connectivity index (χ2n) is 6.50. The van der Waals surface area contributed by atoms with Gasteiger partial charge in [0.15, 0.2) is 0 Å². The maximum absolute atomic E-state index is 13.2. The van der Waals surface area contributed by atoms with Crippen molar-refractivity contribution < 1.29 is 22.3 Å². The Hall–Kier alpha value is -3.39. The van der Waals surface area contributed by atoms with Gasteiger partial charge in [-0.3, -0.25) is 9.52 Å². The third-order valence-electron chi connectivity index (χ3n) is 4.26. The van der Waals surface area contributed by atoms with Crippen LogP contribution in [-0.4, -0.2) is 20.9 Å². The normalized spacial score (nSPS) is 11.0. The Balaban J connectivity index is 1.78. The van der Waals surface area contributed by atoms with Crippen LogP contribution in [0.1, 0.15) is 22.8 Å². The van der Waals surface area contributed by atoms with E-state index in [1.54, 1.807) is 31.2 Å². The van der Waals surface area contributed by atoms with E-state index in [1.807, 2.05) is 6.92 Å². The molecule has 1 amide bonds. The van der Waals surface area contributed by atoms with Crippen LogP contribution < -0.4 is 14.8 Å². The van der Waals surface area contributed by atoms with Gasteiger partial charge in [0.05, 0.1) is 11.5 Å². The fourth-order valence-electron chi connectivity index (χ4n) is 2.77. The topological polar surface area (TPSA) is 84.5 Å². The average Bonchev–Trinajstić information content (AvgIpc) is 2.71. The fraction of sp³-hybridized carbons (Fsp3) is 0.136. The van der Waals surface area contributed by atoms with Crippen molar-refractivity contribution in [2.24, 2.45) is 0 Å². The van der Waals surface area contributed by atoms with Crippen molar-refractivity contribution in [1.82, 2.24) is 0 Å². The van der Waals surface area contributed by atoms with Gasteiger partial charge in [0.25, 0.3) is 15.9 Å². The second kappa shape index (κ2) is 8.96. The molecule has 156 valence electrons. The van der Waals surface area contributed by atoms with Crippen molar-refractivity contribution in [3.05, 3.63) is 83.7 Å². The van der Waals surface area contributed by atoms with Gasteiger partial charge in [-0.05, 0) is 80.1 Å². The zero-order valence-electron chi connectivity index (χ0n) is 16.5. The maximum atomic E-state index is 13.2. The standard InChI is InChI=1S/C22H21FN2O4S/c1-3-29-19-10-8-18(9-11-19)25-30(27,28)20-6-4-5-16(14-20)22(26)24-21-12-7-17(23)13-15(21)2/h4-14,25H,3H2,1-2H3,(H,24,26). The van der Waals surface area contributed by atoms with E-state index < -0.39 is 21.7 Å². The number of halogens is 1. The maximum Gasteiger partial charge on any atom is 0.261 e. The molecule has 3 aromatic carbocycles. The molecule has 0 unspecified atom stereocenters. The molecule has 2 N–H and O–H groups in total. The van der Waals surface area contributed by atoms with Crippen LogP contribution in [0.3, 0.4) is 0 Å². The third kappa shape index (κ3) is 5.15. The minimum absolute atomic E-state index is 0.0557. The first-order valence-corrected chi connectivity index (χ1v) is 10.7. The van der Waals surface area contributed by atoms with Crippen LogP contribution in [0, 0.1) is 12.7 Å².